The number of nitrogens with one attached hydrogen (secondary N) is 1. The topological polar surface area (TPSA) is 68.6 Å². The predicted molar refractivity (Wildman–Crippen MR) is 104 cm³/mol. The van der Waals surface area contributed by atoms with Gasteiger partial charge in [0.15, 0.2) is 0 Å². The van der Waals surface area contributed by atoms with E-state index in [9.17, 15) is 4.39 Å². The number of rotatable bonds is 4. The van der Waals surface area contributed by atoms with Crippen molar-refractivity contribution in [1.82, 2.24) is 24.7 Å². The fraction of sp³-hybridized carbons (Fsp3) is 0.286. The number of aromatic amines is 1. The molecule has 1 fully saturated rings. The van der Waals surface area contributed by atoms with Gasteiger partial charge in [-0.3, -0.25) is 9.67 Å². The number of hydrogen-bond acceptors (Lipinski definition) is 4. The third kappa shape index (κ3) is 2.97. The van der Waals surface area contributed by atoms with E-state index in [0.717, 1.165) is 53.9 Å². The molecule has 4 aromatic rings. The Balaban J connectivity index is 1.65. The number of H-pyrrole nitrogens is 1. The van der Waals surface area contributed by atoms with Gasteiger partial charge >= 0.3 is 0 Å². The van der Waals surface area contributed by atoms with Crippen LogP contribution in [0, 0.1) is 11.7 Å². The van der Waals surface area contributed by atoms with Gasteiger partial charge in [0.1, 0.15) is 17.2 Å². The lowest BCUT2D eigenvalue weighted by Crippen LogP contribution is -2.03. The van der Waals surface area contributed by atoms with E-state index in [1.165, 1.54) is 17.8 Å². The highest BCUT2D eigenvalue weighted by molar-refractivity contribution is 5.98. The lowest BCUT2D eigenvalue weighted by atomic mass is 9.95. The van der Waals surface area contributed by atoms with Crippen molar-refractivity contribution in [3.05, 3.63) is 54.4 Å². The van der Waals surface area contributed by atoms with E-state index in [-0.39, 0.29) is 5.82 Å². The molecule has 0 radical (unpaired) electrons. The highest BCUT2D eigenvalue weighted by Gasteiger charge is 2.22. The van der Waals surface area contributed by atoms with Crippen LogP contribution in [0.4, 0.5) is 4.39 Å². The van der Waals surface area contributed by atoms with Gasteiger partial charge in [-0.05, 0) is 48.1 Å². The highest BCUT2D eigenvalue weighted by atomic mass is 19.1. The number of nitrogens with zero attached hydrogens (tertiary/aromatic N) is 4. The number of halogens is 1. The summed E-state index contributed by atoms with van der Waals surface area (Å²) in [6, 6.07) is 5.08. The molecule has 0 saturated carbocycles. The Kier molecular flexibility index (Phi) is 4.16. The average Bonchev–Trinajstić information content (AvgIpc) is 3.43. The van der Waals surface area contributed by atoms with Crippen LogP contribution >= 0.6 is 0 Å². The molecule has 1 N–H and O–H groups in total. The number of hydrogen-bond donors (Lipinski definition) is 1. The molecule has 0 bridgehead atoms. The minimum Gasteiger partial charge on any atom is -0.381 e. The third-order valence-corrected chi connectivity index (χ3v) is 5.28. The summed E-state index contributed by atoms with van der Waals surface area (Å²) in [5.74, 6) is 0.165. The van der Waals surface area contributed by atoms with Crippen LogP contribution in [0.5, 0.6) is 0 Å². The molecule has 0 spiro atoms. The van der Waals surface area contributed by atoms with Crippen molar-refractivity contribution >= 4 is 11.0 Å². The maximum Gasteiger partial charge on any atom is 0.141 e. The molecule has 5 rings (SSSR count). The van der Waals surface area contributed by atoms with Crippen LogP contribution in [0.15, 0.2) is 43.0 Å². The molecule has 1 unspecified atom stereocenters. The third-order valence-electron chi connectivity index (χ3n) is 5.28. The van der Waals surface area contributed by atoms with E-state index in [2.05, 4.69) is 20.1 Å². The number of pyridine rings is 2. The first kappa shape index (κ1) is 17.1. The van der Waals surface area contributed by atoms with Crippen molar-refractivity contribution in [2.45, 2.75) is 12.8 Å². The largest absolute Gasteiger partial charge is 0.381 e. The van der Waals surface area contributed by atoms with Gasteiger partial charge in [-0.2, -0.15) is 5.10 Å². The first-order chi connectivity index (χ1) is 13.7. The zero-order valence-electron chi connectivity index (χ0n) is 15.5. The number of aromatic nitrogens is 5. The molecule has 1 atom stereocenters. The number of ether oxygens (including phenoxy) is 1. The molecule has 4 aromatic heterocycles. The summed E-state index contributed by atoms with van der Waals surface area (Å²) in [7, 11) is 1.88. The Hall–Kier alpha value is -3.06. The molecule has 28 heavy (non-hydrogen) atoms. The zero-order chi connectivity index (χ0) is 19.1. The summed E-state index contributed by atoms with van der Waals surface area (Å²) < 4.78 is 20.6. The maximum absolute atomic E-state index is 13.3. The quantitative estimate of drug-likeness (QED) is 0.588. The summed E-state index contributed by atoms with van der Waals surface area (Å²) in [6.07, 6.45) is 9.07. The Morgan fingerprint density at radius 2 is 2.18 bits per heavy atom. The van der Waals surface area contributed by atoms with Crippen molar-refractivity contribution in [1.29, 1.82) is 0 Å². The van der Waals surface area contributed by atoms with Gasteiger partial charge in [-0.1, -0.05) is 0 Å². The van der Waals surface area contributed by atoms with Crippen molar-refractivity contribution in [2.24, 2.45) is 13.0 Å². The molecule has 1 aliphatic rings. The normalized spacial score (nSPS) is 16.9. The Morgan fingerprint density at radius 1 is 1.25 bits per heavy atom. The van der Waals surface area contributed by atoms with Crippen molar-refractivity contribution < 1.29 is 9.13 Å². The molecule has 1 saturated heterocycles. The molecular formula is C21H20FN5O. The van der Waals surface area contributed by atoms with Gasteiger partial charge in [-0.25, -0.2) is 9.37 Å². The van der Waals surface area contributed by atoms with Crippen LogP contribution in [-0.2, 0) is 18.2 Å². The Morgan fingerprint density at radius 3 is 2.96 bits per heavy atom. The summed E-state index contributed by atoms with van der Waals surface area (Å²) >= 11 is 0. The molecule has 1 aliphatic heterocycles. The van der Waals surface area contributed by atoms with Crippen LogP contribution < -0.4 is 0 Å². The van der Waals surface area contributed by atoms with Crippen molar-refractivity contribution in [3.63, 3.8) is 0 Å². The van der Waals surface area contributed by atoms with E-state index in [0.29, 0.717) is 11.6 Å². The first-order valence-corrected chi connectivity index (χ1v) is 9.37. The van der Waals surface area contributed by atoms with Crippen LogP contribution in [-0.4, -0.2) is 37.9 Å². The lowest BCUT2D eigenvalue weighted by molar-refractivity contribution is 0.186. The standard InChI is InChI=1S/C21H20FN5O/c1-27-11-17(20(26-27)18-3-2-15(22)10-24-18)16-4-6-23-21-19(16)14(9-25-21)8-13-5-7-28-12-13/h2-4,6,9-11,13H,5,7-8,12H2,1H3,(H,23,25). The van der Waals surface area contributed by atoms with Crippen LogP contribution in [0.25, 0.3) is 33.5 Å². The lowest BCUT2D eigenvalue weighted by Gasteiger charge is -2.09. The van der Waals surface area contributed by atoms with E-state index >= 15 is 0 Å². The molecule has 6 nitrogen and oxygen atoms in total. The summed E-state index contributed by atoms with van der Waals surface area (Å²) in [5, 5.41) is 5.69. The molecular weight excluding hydrogens is 357 g/mol. The van der Waals surface area contributed by atoms with E-state index in [1.807, 2.05) is 25.5 Å². The number of aryl methyl sites for hydroxylation is 1. The SMILES string of the molecule is Cn1cc(-c2ccnc3[nH]cc(CC4CCOC4)c23)c(-c2ccc(F)cn2)n1. The maximum atomic E-state index is 13.3. The van der Waals surface area contributed by atoms with Crippen LogP contribution in [0.1, 0.15) is 12.0 Å². The summed E-state index contributed by atoms with van der Waals surface area (Å²) in [5.41, 5.74) is 5.46. The van der Waals surface area contributed by atoms with Gasteiger partial charge < -0.3 is 9.72 Å². The molecule has 5 heterocycles. The fourth-order valence-electron chi connectivity index (χ4n) is 3.96. The average molecular weight is 377 g/mol. The molecule has 142 valence electrons. The van der Waals surface area contributed by atoms with Gasteiger partial charge in [0.05, 0.1) is 11.9 Å². The van der Waals surface area contributed by atoms with Gasteiger partial charge in [0.2, 0.25) is 0 Å². The summed E-state index contributed by atoms with van der Waals surface area (Å²) in [4.78, 5) is 12.0. The molecule has 0 aromatic carbocycles. The second-order valence-corrected chi connectivity index (χ2v) is 7.26. The van der Waals surface area contributed by atoms with Crippen LogP contribution in [0.3, 0.4) is 0 Å². The van der Waals surface area contributed by atoms with E-state index in [4.69, 9.17) is 4.74 Å². The van der Waals surface area contributed by atoms with Gasteiger partial charge in [0.25, 0.3) is 0 Å². The highest BCUT2D eigenvalue weighted by Crippen LogP contribution is 2.36. The molecule has 0 amide bonds. The second-order valence-electron chi connectivity index (χ2n) is 7.26. The monoisotopic (exact) mass is 377 g/mol. The van der Waals surface area contributed by atoms with Crippen molar-refractivity contribution in [3.8, 4) is 22.5 Å². The second kappa shape index (κ2) is 6.83. The predicted octanol–water partition coefficient (Wildman–Crippen LogP) is 3.74. The van der Waals surface area contributed by atoms with Crippen LogP contribution in [0.2, 0.25) is 0 Å². The summed E-state index contributed by atoms with van der Waals surface area (Å²) in [6.45, 7) is 1.64. The Bertz CT molecular complexity index is 1130. The first-order valence-electron chi connectivity index (χ1n) is 9.37. The zero-order valence-corrected chi connectivity index (χ0v) is 15.5. The molecule has 7 heteroatoms. The Labute approximate surface area is 161 Å². The fourth-order valence-corrected chi connectivity index (χ4v) is 3.96. The van der Waals surface area contributed by atoms with Gasteiger partial charge in [0, 0.05) is 49.8 Å². The van der Waals surface area contributed by atoms with E-state index in [1.54, 1.807) is 16.9 Å². The minimum atomic E-state index is -0.362. The smallest absolute Gasteiger partial charge is 0.141 e. The number of fused-ring (bicyclic) bond motifs is 1. The van der Waals surface area contributed by atoms with Crippen molar-refractivity contribution in [2.75, 3.05) is 13.2 Å². The van der Waals surface area contributed by atoms with E-state index < -0.39 is 0 Å². The molecule has 0 aliphatic carbocycles. The van der Waals surface area contributed by atoms with Gasteiger partial charge in [-0.15, -0.1) is 0 Å². The minimum absolute atomic E-state index is 0.362.